The Kier molecular flexibility index (Phi) is 17.5. The molecule has 0 fully saturated rings. The van der Waals surface area contributed by atoms with E-state index >= 15 is 0 Å². The second-order valence-electron chi connectivity index (χ2n) is 16.6. The number of ether oxygens (including phenoxy) is 2. The summed E-state index contributed by atoms with van der Waals surface area (Å²) < 4.78 is 13.4. The van der Waals surface area contributed by atoms with E-state index in [0.29, 0.717) is 22.5 Å². The predicted octanol–water partition coefficient (Wildman–Crippen LogP) is 12.8. The number of rotatable bonds is 11. The van der Waals surface area contributed by atoms with Crippen molar-refractivity contribution in [2.75, 3.05) is 36.0 Å². The van der Waals surface area contributed by atoms with E-state index in [9.17, 15) is 15.8 Å². The first-order valence-corrected chi connectivity index (χ1v) is 22.7. The van der Waals surface area contributed by atoms with Gasteiger partial charge in [-0.3, -0.25) is 0 Å². The zero-order valence-corrected chi connectivity index (χ0v) is 41.3. The number of hydrogen-bond donors (Lipinski definition) is 0. The summed E-state index contributed by atoms with van der Waals surface area (Å²) in [5.74, 6) is 2.38. The molecule has 2 aliphatic heterocycles. The van der Waals surface area contributed by atoms with Crippen LogP contribution >= 0.6 is 0 Å². The molecule has 4 aromatic carbocycles. The Balaban J connectivity index is 0.000000226. The lowest BCUT2D eigenvalue weighted by atomic mass is 9.88. The molecule has 0 atom stereocenters. The molecule has 356 valence electrons. The fraction of sp³-hybridized carbons (Fsp3) is 0.250. The van der Waals surface area contributed by atoms with Crippen LogP contribution < -0.4 is 9.80 Å². The van der Waals surface area contributed by atoms with Gasteiger partial charge in [-0.2, -0.15) is 20.2 Å². The van der Waals surface area contributed by atoms with Crippen molar-refractivity contribution in [3.05, 3.63) is 199 Å². The van der Waals surface area contributed by atoms with Gasteiger partial charge in [0, 0.05) is 70.4 Å². The quantitative estimate of drug-likeness (QED) is 0.0310. The van der Waals surface area contributed by atoms with Crippen LogP contribution in [0.5, 0.6) is 0 Å². The maximum Gasteiger partial charge on any atom is 0.563 e. The summed E-state index contributed by atoms with van der Waals surface area (Å²) in [7, 11) is 0. The summed E-state index contributed by atoms with van der Waals surface area (Å²) in [5, 5.41) is 40.7. The number of hydrogen-bond acceptors (Lipinski definition) is 10. The lowest BCUT2D eigenvalue weighted by Crippen LogP contribution is -2.21. The van der Waals surface area contributed by atoms with Crippen LogP contribution in [0, 0.1) is 66.1 Å². The molecule has 7 rings (SSSR count). The molecule has 72 heavy (non-hydrogen) atoms. The Morgan fingerprint density at radius 1 is 0.681 bits per heavy atom. The Hall–Kier alpha value is -10.0. The Bertz CT molecular complexity index is 3260. The second-order valence-corrected chi connectivity index (χ2v) is 16.6. The van der Waals surface area contributed by atoms with E-state index in [1.807, 2.05) is 98.9 Å². The average Bonchev–Trinajstić information content (AvgIpc) is 4.08. The topological polar surface area (TPSA) is 189 Å². The highest BCUT2D eigenvalue weighted by molar-refractivity contribution is 5.85. The molecule has 0 saturated heterocycles. The van der Waals surface area contributed by atoms with Gasteiger partial charge in [-0.1, -0.05) is 64.8 Å². The van der Waals surface area contributed by atoms with Crippen molar-refractivity contribution in [3.63, 3.8) is 0 Å². The van der Waals surface area contributed by atoms with E-state index in [0.717, 1.165) is 59.8 Å². The molecule has 0 aliphatic carbocycles. The third kappa shape index (κ3) is 11.6. The van der Waals surface area contributed by atoms with Gasteiger partial charge in [-0.05, 0) is 121 Å². The first-order chi connectivity index (χ1) is 34.7. The van der Waals surface area contributed by atoms with E-state index < -0.39 is 11.2 Å². The number of azide groups is 1. The van der Waals surface area contributed by atoms with Crippen LogP contribution in [-0.4, -0.2) is 52.4 Å². The van der Waals surface area contributed by atoms with Crippen LogP contribution in [0.3, 0.4) is 0 Å². The monoisotopic (exact) mass is 950 g/mol. The molecule has 0 spiro atoms. The van der Waals surface area contributed by atoms with Crippen molar-refractivity contribution in [2.24, 2.45) is 5.11 Å². The summed E-state index contributed by atoms with van der Waals surface area (Å²) in [4.78, 5) is 16.8. The fourth-order valence-corrected chi connectivity index (χ4v) is 8.16. The first-order valence-electron chi connectivity index (χ1n) is 22.7. The number of nitriles is 3. The molecular weight excluding hydrogens is 901 g/mol. The van der Waals surface area contributed by atoms with Crippen LogP contribution in [0.25, 0.3) is 53.1 Å². The van der Waals surface area contributed by atoms with Crippen molar-refractivity contribution < 1.29 is 9.47 Å². The minimum absolute atomic E-state index is 0.0361. The smallest absolute Gasteiger partial charge is 0.492 e. The van der Waals surface area contributed by atoms with E-state index in [4.69, 9.17) is 41.1 Å². The molecule has 0 N–H and O–H groups in total. The maximum atomic E-state index is 9.80. The highest BCUT2D eigenvalue weighted by Crippen LogP contribution is 2.46. The molecule has 2 aliphatic rings. The lowest BCUT2D eigenvalue weighted by molar-refractivity contribution is 0.108. The number of nitrogens with zero attached hydrogens (tertiary/aromatic N) is 14. The molecule has 0 unspecified atom stereocenters. The van der Waals surface area contributed by atoms with Crippen molar-refractivity contribution in [3.8, 4) is 47.5 Å². The maximum absolute atomic E-state index is 9.80. The Labute approximate surface area is 421 Å². The van der Waals surface area contributed by atoms with Crippen molar-refractivity contribution >= 4 is 28.2 Å². The van der Waals surface area contributed by atoms with Gasteiger partial charge in [0.05, 0.1) is 35.7 Å². The summed E-state index contributed by atoms with van der Waals surface area (Å²) in [5.41, 5.74) is 15.8. The van der Waals surface area contributed by atoms with Crippen LogP contribution in [0.2, 0.25) is 0 Å². The molecule has 0 saturated carbocycles. The summed E-state index contributed by atoms with van der Waals surface area (Å²) in [6.45, 7) is 41.0. The number of terminal acetylenes is 1. The molecule has 0 amide bonds. The van der Waals surface area contributed by atoms with Gasteiger partial charge >= 0.3 is 11.5 Å². The lowest BCUT2D eigenvalue weighted by Gasteiger charge is -2.23. The Morgan fingerprint density at radius 2 is 1.14 bits per heavy atom. The SMILES string of the molecule is CCN(CC)c1ccc(N=[N+]=[N-])cc1.[C-]#[N+]/C(C#N)=C1\OC(C)(C)C(c2ccc(-c3cn(-c4ccc(N(CC)CC)cc4)nn3)cc2)=C1C#N.[C-]#[N+]C([N+]#[C-])=C1OC(C)(C)C(c2ccc(C#C)cc2)=C1C#N. The van der Waals surface area contributed by atoms with Crippen molar-refractivity contribution in [1.82, 2.24) is 15.0 Å². The van der Waals surface area contributed by atoms with Gasteiger partial charge in [0.1, 0.15) is 42.2 Å². The van der Waals surface area contributed by atoms with Crippen molar-refractivity contribution in [1.29, 1.82) is 15.8 Å². The van der Waals surface area contributed by atoms with Crippen molar-refractivity contribution in [2.45, 2.75) is 66.6 Å². The van der Waals surface area contributed by atoms with Crippen LogP contribution in [0.4, 0.5) is 17.1 Å². The van der Waals surface area contributed by atoms with Gasteiger partial charge in [-0.15, -0.1) is 11.5 Å². The third-order valence-electron chi connectivity index (χ3n) is 11.6. The van der Waals surface area contributed by atoms with Crippen LogP contribution in [0.1, 0.15) is 72.1 Å². The zero-order chi connectivity index (χ0) is 52.6. The molecule has 0 radical (unpaired) electrons. The highest BCUT2D eigenvalue weighted by atomic mass is 16.5. The average molecular weight is 951 g/mol. The zero-order valence-electron chi connectivity index (χ0n) is 41.3. The second kappa shape index (κ2) is 23.8. The van der Waals surface area contributed by atoms with Crippen LogP contribution in [0.15, 0.2) is 143 Å². The normalized spacial score (nSPS) is 14.2. The van der Waals surface area contributed by atoms with Gasteiger partial charge in [-0.25, -0.2) is 14.8 Å². The first kappa shape index (κ1) is 53.0. The molecule has 16 nitrogen and oxygen atoms in total. The van der Waals surface area contributed by atoms with Gasteiger partial charge in [0.2, 0.25) is 5.76 Å². The standard InChI is InChI=1S/C28H25N7O.C18H11N3O.C10H14N4/c1-6-34(7-2)21-12-14-22(15-13-21)35-18-25(32-33-35)19-8-10-20(11-9-19)26-23(16-29)27(24(17-30)31-5)36-28(26,3)4;1-6-12-7-9-13(10-8-12)15-14(11-19)16(17(20-4)21-5)22-18(15,2)3;1-3-14(4-2)10-7-5-9(6-8-10)12-13-11/h8-15,18H,6-7H2,1-4H3;1,7-10H,2-3H3;5-8H,3-4H2,1-2H3/b27-24-;;. The van der Waals surface area contributed by atoms with E-state index in [1.54, 1.807) is 30.7 Å². The van der Waals surface area contributed by atoms with Crippen LogP contribution in [-0.2, 0) is 9.47 Å². The molecule has 5 aromatic rings. The van der Waals surface area contributed by atoms with E-state index in [2.05, 4.69) is 103 Å². The molecule has 0 bridgehead atoms. The number of benzene rings is 4. The summed E-state index contributed by atoms with van der Waals surface area (Å²) in [6, 6.07) is 36.6. The largest absolute Gasteiger partial charge is 0.563 e. The number of anilines is 2. The highest BCUT2D eigenvalue weighted by Gasteiger charge is 2.43. The third-order valence-corrected chi connectivity index (χ3v) is 11.6. The van der Waals surface area contributed by atoms with Gasteiger partial charge in [0.15, 0.2) is 5.76 Å². The van der Waals surface area contributed by atoms with Gasteiger partial charge < -0.3 is 19.3 Å². The molecular formula is C56H50N14O2. The minimum Gasteiger partial charge on any atom is -0.492 e. The van der Waals surface area contributed by atoms with E-state index in [-0.39, 0.29) is 34.2 Å². The minimum atomic E-state index is -0.866. The summed E-state index contributed by atoms with van der Waals surface area (Å²) >= 11 is 0. The molecule has 1 aromatic heterocycles. The van der Waals surface area contributed by atoms with E-state index in [1.165, 1.54) is 5.69 Å². The Morgan fingerprint density at radius 3 is 1.57 bits per heavy atom. The number of allylic oxidation sites excluding steroid dienone is 3. The van der Waals surface area contributed by atoms with Gasteiger partial charge in [0.25, 0.3) is 0 Å². The molecule has 16 heteroatoms. The summed E-state index contributed by atoms with van der Waals surface area (Å²) in [6.07, 6.45) is 7.22. The number of aromatic nitrogens is 3. The predicted molar refractivity (Wildman–Crippen MR) is 278 cm³/mol. The fourth-order valence-electron chi connectivity index (χ4n) is 8.16. The molecule has 3 heterocycles.